The van der Waals surface area contributed by atoms with E-state index >= 15 is 0 Å². The summed E-state index contributed by atoms with van der Waals surface area (Å²) in [5.74, 6) is 1.91. The zero-order valence-electron chi connectivity index (χ0n) is 20.7. The molecule has 0 amide bonds. The Kier molecular flexibility index (Phi) is 5.85. The van der Waals surface area contributed by atoms with Crippen LogP contribution < -0.4 is 14.2 Å². The fraction of sp³-hybridized carbons (Fsp3) is 0.222. The van der Waals surface area contributed by atoms with Crippen LogP contribution >= 0.6 is 22.7 Å². The molecule has 2 aromatic carbocycles. The molecule has 4 heterocycles. The van der Waals surface area contributed by atoms with Crippen LogP contribution in [0.2, 0.25) is 0 Å². The van der Waals surface area contributed by atoms with E-state index in [1.165, 1.54) is 16.9 Å². The minimum absolute atomic E-state index is 0.193. The number of benzene rings is 2. The number of fused-ring (bicyclic) bond motifs is 2. The van der Waals surface area contributed by atoms with Crippen LogP contribution in [0.25, 0.3) is 27.4 Å². The lowest BCUT2D eigenvalue weighted by Gasteiger charge is -2.22. The summed E-state index contributed by atoms with van der Waals surface area (Å²) in [7, 11) is 3.21. The molecule has 0 aliphatic rings. The number of hydrogen-bond acceptors (Lipinski definition) is 9. The van der Waals surface area contributed by atoms with Gasteiger partial charge in [-0.1, -0.05) is 30.3 Å². The fourth-order valence-electron chi connectivity index (χ4n) is 4.16. The molecule has 4 aromatic heterocycles. The average molecular weight is 533 g/mol. The molecule has 0 saturated carbocycles. The predicted molar refractivity (Wildman–Crippen MR) is 144 cm³/mol. The van der Waals surface area contributed by atoms with Crippen molar-refractivity contribution in [1.82, 2.24) is 19.6 Å². The van der Waals surface area contributed by atoms with E-state index in [4.69, 9.17) is 23.6 Å². The Labute approximate surface area is 221 Å². The topological polar surface area (TPSA) is 83.9 Å². The average Bonchev–Trinajstić information content (AvgIpc) is 3.70. The Balaban J connectivity index is 1.30. The van der Waals surface area contributed by atoms with Crippen LogP contribution in [-0.2, 0) is 12.0 Å². The van der Waals surface area contributed by atoms with E-state index in [-0.39, 0.29) is 5.41 Å². The number of imidazole rings is 1. The first-order valence-electron chi connectivity index (χ1n) is 11.6. The molecule has 188 valence electrons. The first kappa shape index (κ1) is 23.5. The van der Waals surface area contributed by atoms with Gasteiger partial charge in [-0.15, -0.1) is 16.4 Å². The van der Waals surface area contributed by atoms with Crippen LogP contribution in [0.4, 0.5) is 0 Å². The molecule has 0 aliphatic heterocycles. The normalized spacial score (nSPS) is 11.9. The maximum atomic E-state index is 6.27. The summed E-state index contributed by atoms with van der Waals surface area (Å²) in [6, 6.07) is 16.1. The SMILES string of the molecule is COc1cc(OCc2csc(C(C)(C)c3ccccc3)n2)c2cc(-c3cnc4sc(OC)nn34)oc2c1. The molecule has 37 heavy (non-hydrogen) atoms. The Morgan fingerprint density at radius 3 is 2.68 bits per heavy atom. The zero-order valence-corrected chi connectivity index (χ0v) is 22.4. The standard InChI is InChI=1S/C27H24N4O4S2/c1-27(2,16-8-6-5-7-9-16)24-29-17(15-36-24)14-34-21-10-18(32-3)11-22-19(21)12-23(35-22)20-13-28-25-31(20)30-26(33-4)37-25/h5-13,15H,14H2,1-4H3. The van der Waals surface area contributed by atoms with Crippen molar-refractivity contribution in [2.75, 3.05) is 14.2 Å². The molecule has 6 aromatic rings. The highest BCUT2D eigenvalue weighted by Gasteiger charge is 2.26. The monoisotopic (exact) mass is 532 g/mol. The molecule has 10 heteroatoms. The molecule has 0 unspecified atom stereocenters. The Morgan fingerprint density at radius 2 is 1.89 bits per heavy atom. The summed E-state index contributed by atoms with van der Waals surface area (Å²) in [6.07, 6.45) is 1.74. The van der Waals surface area contributed by atoms with Crippen LogP contribution in [0.5, 0.6) is 16.7 Å². The number of ether oxygens (including phenoxy) is 3. The van der Waals surface area contributed by atoms with E-state index in [1.807, 2.05) is 24.3 Å². The van der Waals surface area contributed by atoms with Crippen LogP contribution in [-0.4, -0.2) is 33.8 Å². The second-order valence-corrected chi connectivity index (χ2v) is 10.8. The quantitative estimate of drug-likeness (QED) is 0.219. The van der Waals surface area contributed by atoms with Crippen LogP contribution in [0.15, 0.2) is 64.5 Å². The van der Waals surface area contributed by atoms with E-state index in [1.54, 1.807) is 36.3 Å². The van der Waals surface area contributed by atoms with E-state index in [2.05, 4.69) is 53.6 Å². The van der Waals surface area contributed by atoms with E-state index in [9.17, 15) is 0 Å². The highest BCUT2D eigenvalue weighted by Crippen LogP contribution is 2.38. The van der Waals surface area contributed by atoms with Gasteiger partial charge in [0.25, 0.3) is 5.19 Å². The third-order valence-electron chi connectivity index (χ3n) is 6.26. The van der Waals surface area contributed by atoms with Crippen molar-refractivity contribution in [1.29, 1.82) is 0 Å². The molecule has 0 N–H and O–H groups in total. The Morgan fingerprint density at radius 1 is 1.05 bits per heavy atom. The van der Waals surface area contributed by atoms with Gasteiger partial charge in [0.1, 0.15) is 34.4 Å². The summed E-state index contributed by atoms with van der Waals surface area (Å²) in [6.45, 7) is 4.70. The van der Waals surface area contributed by atoms with Gasteiger partial charge in [0.15, 0.2) is 5.76 Å². The van der Waals surface area contributed by atoms with Gasteiger partial charge in [-0.25, -0.2) is 9.97 Å². The molecule has 0 spiro atoms. The number of thiazole rings is 1. The van der Waals surface area contributed by atoms with Gasteiger partial charge in [0.05, 0.1) is 31.5 Å². The Bertz CT molecular complexity index is 1700. The number of aromatic nitrogens is 4. The van der Waals surface area contributed by atoms with Gasteiger partial charge in [-0.05, 0) is 36.8 Å². The molecule has 0 bridgehead atoms. The van der Waals surface area contributed by atoms with Crippen molar-refractivity contribution in [2.24, 2.45) is 0 Å². The van der Waals surface area contributed by atoms with E-state index in [0.29, 0.717) is 34.6 Å². The van der Waals surface area contributed by atoms with Crippen LogP contribution in [0, 0.1) is 0 Å². The first-order chi connectivity index (χ1) is 18.0. The molecule has 8 nitrogen and oxygen atoms in total. The number of hydrogen-bond donors (Lipinski definition) is 0. The minimum atomic E-state index is -0.193. The van der Waals surface area contributed by atoms with Crippen LogP contribution in [0.3, 0.4) is 0 Å². The summed E-state index contributed by atoms with van der Waals surface area (Å²) in [5, 5.41) is 8.90. The van der Waals surface area contributed by atoms with Gasteiger partial charge in [-0.2, -0.15) is 4.52 Å². The Hall–Kier alpha value is -3.89. The molecule has 0 radical (unpaired) electrons. The molecule has 0 saturated heterocycles. The van der Waals surface area contributed by atoms with E-state index < -0.39 is 0 Å². The maximum Gasteiger partial charge on any atom is 0.294 e. The van der Waals surface area contributed by atoms with Gasteiger partial charge in [0, 0.05) is 22.9 Å². The molecule has 6 rings (SSSR count). The number of furan rings is 1. The second-order valence-electron chi connectivity index (χ2n) is 8.98. The molecular formula is C27H24N4O4S2. The first-order valence-corrected chi connectivity index (χ1v) is 13.3. The van der Waals surface area contributed by atoms with E-state index in [0.717, 1.165) is 26.7 Å². The van der Waals surface area contributed by atoms with Gasteiger partial charge >= 0.3 is 0 Å². The van der Waals surface area contributed by atoms with Gasteiger partial charge in [0.2, 0.25) is 4.96 Å². The van der Waals surface area contributed by atoms with Crippen molar-refractivity contribution < 1.29 is 18.6 Å². The summed E-state index contributed by atoms with van der Waals surface area (Å²) in [4.78, 5) is 10.0. The zero-order chi connectivity index (χ0) is 25.6. The highest BCUT2D eigenvalue weighted by molar-refractivity contribution is 7.18. The number of methoxy groups -OCH3 is 2. The lowest BCUT2D eigenvalue weighted by atomic mass is 9.85. The molecule has 0 aliphatic carbocycles. The predicted octanol–water partition coefficient (Wildman–Crippen LogP) is 6.58. The fourth-order valence-corrected chi connectivity index (χ4v) is 5.81. The summed E-state index contributed by atoms with van der Waals surface area (Å²) >= 11 is 3.01. The van der Waals surface area contributed by atoms with Crippen molar-refractivity contribution in [3.8, 4) is 28.1 Å². The third kappa shape index (κ3) is 4.21. The highest BCUT2D eigenvalue weighted by atomic mass is 32.1. The number of rotatable bonds is 8. The molecule has 0 fully saturated rings. The second kappa shape index (κ2) is 9.20. The smallest absolute Gasteiger partial charge is 0.294 e. The lowest BCUT2D eigenvalue weighted by Crippen LogP contribution is -2.18. The van der Waals surface area contributed by atoms with Gasteiger partial charge in [-0.3, -0.25) is 0 Å². The summed E-state index contributed by atoms with van der Waals surface area (Å²) in [5.41, 5.74) is 3.27. The summed E-state index contributed by atoms with van der Waals surface area (Å²) < 4.78 is 24.9. The third-order valence-corrected chi connectivity index (χ3v) is 8.36. The number of nitrogens with zero attached hydrogens (tertiary/aromatic N) is 4. The van der Waals surface area contributed by atoms with Crippen molar-refractivity contribution in [3.05, 3.63) is 76.4 Å². The van der Waals surface area contributed by atoms with Crippen LogP contribution in [0.1, 0.15) is 30.1 Å². The van der Waals surface area contributed by atoms with Crippen molar-refractivity contribution >= 4 is 38.6 Å². The van der Waals surface area contributed by atoms with Crippen molar-refractivity contribution in [2.45, 2.75) is 25.9 Å². The minimum Gasteiger partial charge on any atom is -0.496 e. The lowest BCUT2D eigenvalue weighted by molar-refractivity contribution is 0.303. The largest absolute Gasteiger partial charge is 0.496 e. The molecule has 0 atom stereocenters. The maximum absolute atomic E-state index is 6.27. The van der Waals surface area contributed by atoms with Gasteiger partial charge < -0.3 is 18.6 Å². The molecular weight excluding hydrogens is 508 g/mol. The van der Waals surface area contributed by atoms with Crippen molar-refractivity contribution in [3.63, 3.8) is 0 Å².